The van der Waals surface area contributed by atoms with Gasteiger partial charge in [0.2, 0.25) is 0 Å². The maximum Gasteiger partial charge on any atom is 0.341 e. The molecule has 0 saturated carbocycles. The quantitative estimate of drug-likeness (QED) is 0.732. The van der Waals surface area contributed by atoms with E-state index in [1.165, 1.54) is 0 Å². The van der Waals surface area contributed by atoms with Crippen molar-refractivity contribution in [3.05, 3.63) is 59.7 Å². The summed E-state index contributed by atoms with van der Waals surface area (Å²) in [5.74, 6) is 0.0751. The Bertz CT molecular complexity index is 772. The number of aliphatic carboxylic acids is 1. The SMILES string of the molecule is CCC(Oc1ccccc1C)C(=O)N(C)Cc1ccc(OCC(=O)O)cc1. The molecule has 0 spiro atoms. The number of benzene rings is 2. The summed E-state index contributed by atoms with van der Waals surface area (Å²) in [6, 6.07) is 14.6. The lowest BCUT2D eigenvalue weighted by atomic mass is 10.1. The summed E-state index contributed by atoms with van der Waals surface area (Å²) in [6.45, 7) is 3.91. The van der Waals surface area contributed by atoms with Crippen molar-refractivity contribution < 1.29 is 24.2 Å². The van der Waals surface area contributed by atoms with Crippen LogP contribution in [0.3, 0.4) is 0 Å². The Hall–Kier alpha value is -3.02. The molecule has 0 radical (unpaired) electrons. The number of hydrogen-bond acceptors (Lipinski definition) is 4. The molecule has 2 aromatic carbocycles. The van der Waals surface area contributed by atoms with E-state index in [2.05, 4.69) is 0 Å². The van der Waals surface area contributed by atoms with Crippen LogP contribution in [0.2, 0.25) is 0 Å². The van der Waals surface area contributed by atoms with E-state index in [9.17, 15) is 9.59 Å². The summed E-state index contributed by atoms with van der Waals surface area (Å²) in [5.41, 5.74) is 1.91. The van der Waals surface area contributed by atoms with Gasteiger partial charge in [-0.3, -0.25) is 4.79 Å². The van der Waals surface area contributed by atoms with Crippen molar-refractivity contribution in [2.24, 2.45) is 0 Å². The minimum absolute atomic E-state index is 0.0908. The zero-order chi connectivity index (χ0) is 19.8. The molecule has 6 nitrogen and oxygen atoms in total. The van der Waals surface area contributed by atoms with E-state index >= 15 is 0 Å². The third kappa shape index (κ3) is 6.02. The fraction of sp³-hybridized carbons (Fsp3) is 0.333. The lowest BCUT2D eigenvalue weighted by Gasteiger charge is -2.24. The highest BCUT2D eigenvalue weighted by atomic mass is 16.5. The second kappa shape index (κ2) is 9.62. The van der Waals surface area contributed by atoms with Crippen LogP contribution in [-0.4, -0.2) is 41.6 Å². The summed E-state index contributed by atoms with van der Waals surface area (Å²) >= 11 is 0. The maximum absolute atomic E-state index is 12.7. The molecule has 0 aliphatic rings. The molecular weight excluding hydrogens is 346 g/mol. The third-order valence-electron chi connectivity index (χ3n) is 4.09. The number of aryl methyl sites for hydroxylation is 1. The largest absolute Gasteiger partial charge is 0.482 e. The van der Waals surface area contributed by atoms with Crippen LogP contribution in [0.15, 0.2) is 48.5 Å². The van der Waals surface area contributed by atoms with Gasteiger partial charge in [0, 0.05) is 13.6 Å². The number of carboxylic acids is 1. The average Bonchev–Trinajstić information content (AvgIpc) is 2.66. The van der Waals surface area contributed by atoms with Crippen molar-refractivity contribution in [3.63, 3.8) is 0 Å². The minimum atomic E-state index is -1.02. The Morgan fingerprint density at radius 2 is 1.78 bits per heavy atom. The number of likely N-dealkylation sites (N-methyl/N-ethyl adjacent to an activating group) is 1. The van der Waals surface area contributed by atoms with E-state index < -0.39 is 12.1 Å². The van der Waals surface area contributed by atoms with Gasteiger partial charge in [0.25, 0.3) is 5.91 Å². The molecule has 0 fully saturated rings. The van der Waals surface area contributed by atoms with Gasteiger partial charge in [-0.15, -0.1) is 0 Å². The second-order valence-corrected chi connectivity index (χ2v) is 6.30. The van der Waals surface area contributed by atoms with Crippen LogP contribution < -0.4 is 9.47 Å². The minimum Gasteiger partial charge on any atom is -0.482 e. The first-order chi connectivity index (χ1) is 12.9. The number of carbonyl (C=O) groups excluding carboxylic acids is 1. The number of amides is 1. The number of para-hydroxylation sites is 1. The Morgan fingerprint density at radius 3 is 2.37 bits per heavy atom. The maximum atomic E-state index is 12.7. The van der Waals surface area contributed by atoms with Crippen molar-refractivity contribution in [2.75, 3.05) is 13.7 Å². The van der Waals surface area contributed by atoms with Crippen LogP contribution in [0, 0.1) is 6.92 Å². The van der Waals surface area contributed by atoms with Crippen LogP contribution in [-0.2, 0) is 16.1 Å². The molecule has 0 bridgehead atoms. The number of carbonyl (C=O) groups is 2. The summed E-state index contributed by atoms with van der Waals surface area (Å²) in [4.78, 5) is 24.9. The number of carboxylic acid groups (broad SMARTS) is 1. The second-order valence-electron chi connectivity index (χ2n) is 6.30. The molecule has 27 heavy (non-hydrogen) atoms. The summed E-state index contributed by atoms with van der Waals surface area (Å²) in [5, 5.41) is 8.63. The van der Waals surface area contributed by atoms with Crippen LogP contribution in [0.4, 0.5) is 0 Å². The molecule has 0 aliphatic carbocycles. The van der Waals surface area contributed by atoms with Crippen LogP contribution in [0.5, 0.6) is 11.5 Å². The summed E-state index contributed by atoms with van der Waals surface area (Å²) < 4.78 is 11.0. The molecule has 2 rings (SSSR count). The van der Waals surface area contributed by atoms with Crippen molar-refractivity contribution in [1.29, 1.82) is 0 Å². The zero-order valence-electron chi connectivity index (χ0n) is 15.8. The van der Waals surface area contributed by atoms with E-state index in [4.69, 9.17) is 14.6 Å². The molecule has 0 saturated heterocycles. The smallest absolute Gasteiger partial charge is 0.341 e. The molecule has 1 amide bonds. The lowest BCUT2D eigenvalue weighted by molar-refractivity contribution is -0.139. The Kier molecular flexibility index (Phi) is 7.23. The van der Waals surface area contributed by atoms with E-state index in [1.807, 2.05) is 50.2 Å². The van der Waals surface area contributed by atoms with Crippen LogP contribution >= 0.6 is 0 Å². The highest BCUT2D eigenvalue weighted by molar-refractivity contribution is 5.81. The van der Waals surface area contributed by atoms with Crippen LogP contribution in [0.1, 0.15) is 24.5 Å². The van der Waals surface area contributed by atoms with Gasteiger partial charge in [-0.2, -0.15) is 0 Å². The highest BCUT2D eigenvalue weighted by Crippen LogP contribution is 2.20. The zero-order valence-corrected chi connectivity index (χ0v) is 15.8. The van der Waals surface area contributed by atoms with Gasteiger partial charge in [-0.1, -0.05) is 37.3 Å². The van der Waals surface area contributed by atoms with Gasteiger partial charge < -0.3 is 19.5 Å². The Balaban J connectivity index is 1.96. The highest BCUT2D eigenvalue weighted by Gasteiger charge is 2.23. The van der Waals surface area contributed by atoms with E-state index in [1.54, 1.807) is 24.1 Å². The standard InChI is InChI=1S/C21H25NO5/c1-4-18(27-19-8-6-5-7-15(19)2)21(25)22(3)13-16-9-11-17(12-10-16)26-14-20(23)24/h5-12,18H,4,13-14H2,1-3H3,(H,23,24). The summed E-state index contributed by atoms with van der Waals surface area (Å²) in [6.07, 6.45) is 0.0220. The molecule has 2 aromatic rings. The number of nitrogens with zero attached hydrogens (tertiary/aromatic N) is 1. The fourth-order valence-electron chi connectivity index (χ4n) is 2.58. The molecule has 0 heterocycles. The molecule has 1 atom stereocenters. The predicted octanol–water partition coefficient (Wildman–Crippen LogP) is 3.27. The molecule has 0 aromatic heterocycles. The number of ether oxygens (including phenoxy) is 2. The van der Waals surface area contributed by atoms with Gasteiger partial charge in [-0.25, -0.2) is 4.79 Å². The first-order valence-electron chi connectivity index (χ1n) is 8.81. The normalized spacial score (nSPS) is 11.5. The summed E-state index contributed by atoms with van der Waals surface area (Å²) in [7, 11) is 1.74. The molecular formula is C21H25NO5. The molecule has 1 unspecified atom stereocenters. The monoisotopic (exact) mass is 371 g/mol. The predicted molar refractivity (Wildman–Crippen MR) is 102 cm³/mol. The molecule has 6 heteroatoms. The van der Waals surface area contributed by atoms with Gasteiger partial charge >= 0.3 is 5.97 Å². The van der Waals surface area contributed by atoms with Gasteiger partial charge in [-0.05, 0) is 42.7 Å². The van der Waals surface area contributed by atoms with Crippen molar-refractivity contribution >= 4 is 11.9 Å². The molecule has 1 N–H and O–H groups in total. The van der Waals surface area contributed by atoms with Gasteiger partial charge in [0.05, 0.1) is 0 Å². The van der Waals surface area contributed by atoms with Crippen molar-refractivity contribution in [2.45, 2.75) is 32.9 Å². The fourth-order valence-corrected chi connectivity index (χ4v) is 2.58. The first-order valence-corrected chi connectivity index (χ1v) is 8.81. The molecule has 144 valence electrons. The number of rotatable bonds is 9. The van der Waals surface area contributed by atoms with Gasteiger partial charge in [0.15, 0.2) is 12.7 Å². The Morgan fingerprint density at radius 1 is 1.11 bits per heavy atom. The van der Waals surface area contributed by atoms with Crippen LogP contribution in [0.25, 0.3) is 0 Å². The lowest BCUT2D eigenvalue weighted by Crippen LogP contribution is -2.39. The van der Waals surface area contributed by atoms with E-state index in [-0.39, 0.29) is 12.5 Å². The Labute approximate surface area is 159 Å². The van der Waals surface area contributed by atoms with E-state index in [0.29, 0.717) is 24.5 Å². The van der Waals surface area contributed by atoms with Crippen molar-refractivity contribution in [1.82, 2.24) is 4.90 Å². The van der Waals surface area contributed by atoms with E-state index in [0.717, 1.165) is 11.1 Å². The average molecular weight is 371 g/mol. The number of hydrogen-bond donors (Lipinski definition) is 1. The molecule has 0 aliphatic heterocycles. The third-order valence-corrected chi connectivity index (χ3v) is 4.09. The first kappa shape index (κ1) is 20.3. The van der Waals surface area contributed by atoms with Crippen molar-refractivity contribution in [3.8, 4) is 11.5 Å². The van der Waals surface area contributed by atoms with Gasteiger partial charge in [0.1, 0.15) is 11.5 Å². The topological polar surface area (TPSA) is 76.1 Å².